The molecule has 1 aliphatic heterocycles. The van der Waals surface area contributed by atoms with Gasteiger partial charge in [-0.3, -0.25) is 15.0 Å². The fourth-order valence-electron chi connectivity index (χ4n) is 4.07. The normalized spacial score (nSPS) is 13.8. The van der Waals surface area contributed by atoms with Gasteiger partial charge in [0.2, 0.25) is 10.0 Å². The van der Waals surface area contributed by atoms with Crippen molar-refractivity contribution in [2.24, 2.45) is 0 Å². The number of carboxylic acid groups (broad SMARTS) is 1. The van der Waals surface area contributed by atoms with Crippen LogP contribution in [0.15, 0.2) is 24.3 Å². The summed E-state index contributed by atoms with van der Waals surface area (Å²) in [6.45, 7) is 6.59. The summed E-state index contributed by atoms with van der Waals surface area (Å²) in [7, 11) is -3.91. The van der Waals surface area contributed by atoms with Crippen LogP contribution >= 0.6 is 0 Å². The van der Waals surface area contributed by atoms with E-state index in [0.717, 1.165) is 28.2 Å². The fourth-order valence-corrected chi connectivity index (χ4v) is 4.79. The van der Waals surface area contributed by atoms with Gasteiger partial charge in [-0.2, -0.15) is 4.31 Å². The lowest BCUT2D eigenvalue weighted by atomic mass is 9.83. The summed E-state index contributed by atoms with van der Waals surface area (Å²) < 4.78 is 25.1. The monoisotopic (exact) mass is 516 g/mol. The van der Waals surface area contributed by atoms with Gasteiger partial charge in [0, 0.05) is 41.0 Å². The van der Waals surface area contributed by atoms with Crippen molar-refractivity contribution in [1.82, 2.24) is 14.2 Å². The van der Waals surface area contributed by atoms with Crippen molar-refractivity contribution >= 4 is 27.6 Å². The van der Waals surface area contributed by atoms with Crippen LogP contribution in [0, 0.1) is 5.41 Å². The topological polar surface area (TPSA) is 152 Å². The van der Waals surface area contributed by atoms with E-state index in [4.69, 9.17) is 10.5 Å². The highest BCUT2D eigenvalue weighted by Crippen LogP contribution is 2.36. The number of amidine groups is 1. The number of nitrogens with one attached hydrogen (secondary N) is 1. The number of sulfonamides is 1. The Hall–Kier alpha value is -3.31. The van der Waals surface area contributed by atoms with Gasteiger partial charge in [0.25, 0.3) is 0 Å². The van der Waals surface area contributed by atoms with E-state index in [0.29, 0.717) is 17.8 Å². The summed E-state index contributed by atoms with van der Waals surface area (Å²) >= 11 is 0. The van der Waals surface area contributed by atoms with E-state index >= 15 is 0 Å². The number of hydrogen-bond acceptors (Lipinski definition) is 7. The lowest BCUT2D eigenvalue weighted by Crippen LogP contribution is -2.34. The number of carboxylic acids is 1. The molecule has 0 radical (unpaired) electrons. The lowest BCUT2D eigenvalue weighted by Gasteiger charge is -2.25. The molecule has 0 fully saturated rings. The highest BCUT2D eigenvalue weighted by Gasteiger charge is 2.30. The number of ketones is 1. The molecule has 0 saturated heterocycles. The van der Waals surface area contributed by atoms with Gasteiger partial charge in [0.15, 0.2) is 5.78 Å². The van der Waals surface area contributed by atoms with E-state index in [1.807, 2.05) is 39.8 Å². The molecule has 10 nitrogen and oxygen atoms in total. The van der Waals surface area contributed by atoms with Gasteiger partial charge in [-0.05, 0) is 30.0 Å². The molecular formula is C25H32N4O6S. The summed E-state index contributed by atoms with van der Waals surface area (Å²) in [5, 5.41) is 28.6. The van der Waals surface area contributed by atoms with Gasteiger partial charge >= 0.3 is 5.97 Å². The number of phenols is 1. The molecule has 3 rings (SSSR count). The Morgan fingerprint density at radius 1 is 1.22 bits per heavy atom. The molecule has 0 spiro atoms. The number of carbonyl (C=O) groups excluding carboxylic acids is 1. The Labute approximate surface area is 211 Å². The Bertz CT molecular complexity index is 1330. The minimum absolute atomic E-state index is 0.102. The van der Waals surface area contributed by atoms with Crippen LogP contribution in [0.4, 0.5) is 0 Å². The van der Waals surface area contributed by atoms with Crippen molar-refractivity contribution in [3.05, 3.63) is 57.9 Å². The molecule has 1 aliphatic rings. The Morgan fingerprint density at radius 2 is 1.89 bits per heavy atom. The smallest absolute Gasteiger partial charge is 0.318 e. The third kappa shape index (κ3) is 5.90. The van der Waals surface area contributed by atoms with Gasteiger partial charge in [-0.25, -0.2) is 13.4 Å². The maximum Gasteiger partial charge on any atom is 0.318 e. The largest absolute Gasteiger partial charge is 0.507 e. The molecule has 194 valence electrons. The molecule has 1 aromatic carbocycles. The quantitative estimate of drug-likeness (QED) is 0.430. The molecule has 0 aliphatic carbocycles. The number of aromatic hydroxyl groups is 1. The van der Waals surface area contributed by atoms with Crippen LogP contribution in [0.25, 0.3) is 0 Å². The minimum atomic E-state index is -3.91. The zero-order valence-corrected chi connectivity index (χ0v) is 21.9. The molecule has 2 heterocycles. The van der Waals surface area contributed by atoms with E-state index in [1.165, 1.54) is 6.07 Å². The van der Waals surface area contributed by atoms with Gasteiger partial charge in [0.05, 0.1) is 12.8 Å². The number of rotatable bonds is 9. The van der Waals surface area contributed by atoms with Crippen LogP contribution in [-0.2, 0) is 39.7 Å². The molecule has 0 saturated carbocycles. The highest BCUT2D eigenvalue weighted by molar-refractivity contribution is 7.88. The average Bonchev–Trinajstić information content (AvgIpc) is 3.07. The predicted octanol–water partition coefficient (Wildman–Crippen LogP) is 2.52. The van der Waals surface area contributed by atoms with Crippen molar-refractivity contribution < 1.29 is 28.2 Å². The number of aryl methyl sites for hydroxylation is 1. The first kappa shape index (κ1) is 27.3. The Kier molecular flexibility index (Phi) is 7.56. The number of nitrogens with zero attached hydrogens (tertiary/aromatic N) is 3. The van der Waals surface area contributed by atoms with E-state index in [9.17, 15) is 23.1 Å². The minimum Gasteiger partial charge on any atom is -0.507 e. The van der Waals surface area contributed by atoms with Crippen LogP contribution in [0.5, 0.6) is 5.75 Å². The summed E-state index contributed by atoms with van der Waals surface area (Å²) in [5.74, 6) is -1.68. The van der Waals surface area contributed by atoms with Gasteiger partial charge in [-0.1, -0.05) is 33.8 Å². The Morgan fingerprint density at radius 3 is 2.44 bits per heavy atom. The lowest BCUT2D eigenvalue weighted by molar-refractivity contribution is -0.137. The van der Waals surface area contributed by atoms with Gasteiger partial charge in [-0.15, -0.1) is 0 Å². The van der Waals surface area contributed by atoms with E-state index in [-0.39, 0.29) is 35.0 Å². The third-order valence-electron chi connectivity index (χ3n) is 6.08. The highest BCUT2D eigenvalue weighted by atomic mass is 32.2. The number of pyridine rings is 1. The van der Waals surface area contributed by atoms with Crippen LogP contribution in [-0.4, -0.2) is 69.8 Å². The molecule has 0 amide bonds. The number of fused-ring (bicyclic) bond motifs is 1. The van der Waals surface area contributed by atoms with Crippen molar-refractivity contribution in [1.29, 1.82) is 5.41 Å². The third-order valence-corrected chi connectivity index (χ3v) is 7.28. The molecule has 3 N–H and O–H groups in total. The molecule has 2 aromatic rings. The number of phenolic OH excluding ortho intramolecular Hbond substituents is 1. The van der Waals surface area contributed by atoms with Crippen molar-refractivity contribution in [3.8, 4) is 5.75 Å². The summed E-state index contributed by atoms with van der Waals surface area (Å²) in [6, 6.07) is 6.79. The molecular weight excluding hydrogens is 484 g/mol. The summed E-state index contributed by atoms with van der Waals surface area (Å²) in [4.78, 5) is 30.7. The maximum atomic E-state index is 13.4. The molecule has 0 bridgehead atoms. The summed E-state index contributed by atoms with van der Waals surface area (Å²) in [5.41, 5.74) is 2.50. The van der Waals surface area contributed by atoms with E-state index in [2.05, 4.69) is 4.98 Å². The number of aromatic nitrogens is 1. The van der Waals surface area contributed by atoms with Crippen LogP contribution in [0.2, 0.25) is 0 Å². The second-order valence-electron chi connectivity index (χ2n) is 10.00. The Balaban J connectivity index is 1.96. The average molecular weight is 517 g/mol. The first-order valence-corrected chi connectivity index (χ1v) is 13.4. The standard InChI is InChI=1S/C25H32N4O6S/c1-6-18-8-7-15-11-28(24(26)22(15)27-18)13-20(30)16-9-17(23(33)19(10-16)25(2,3)4)12-29(14-21(31)32)36(5,34)35/h7-10,26,33H,6,11-14H2,1-5H3,(H,31,32). The number of benzene rings is 1. The molecule has 1 aromatic heterocycles. The number of hydrogen-bond donors (Lipinski definition) is 3. The molecule has 11 heteroatoms. The SMILES string of the molecule is CCc1ccc2c(n1)C(=N)N(CC(=O)c1cc(CN(CC(=O)O)S(C)(=O)=O)c(O)c(C(C)(C)C)c1)C2. The number of Topliss-reactive ketones (excluding diaryl/α,β-unsaturated/α-hetero) is 1. The first-order valence-electron chi connectivity index (χ1n) is 11.5. The van der Waals surface area contributed by atoms with Crippen LogP contribution in [0.1, 0.15) is 66.1 Å². The van der Waals surface area contributed by atoms with Crippen LogP contribution in [0.3, 0.4) is 0 Å². The first-order chi connectivity index (χ1) is 16.6. The number of carbonyl (C=O) groups is 2. The molecule has 36 heavy (non-hydrogen) atoms. The number of aliphatic carboxylic acids is 1. The zero-order valence-electron chi connectivity index (χ0n) is 21.1. The second kappa shape index (κ2) is 9.98. The van der Waals surface area contributed by atoms with Gasteiger partial charge in [0.1, 0.15) is 23.8 Å². The zero-order chi connectivity index (χ0) is 27.0. The van der Waals surface area contributed by atoms with Gasteiger partial charge < -0.3 is 15.1 Å². The van der Waals surface area contributed by atoms with Crippen molar-refractivity contribution in [2.75, 3.05) is 19.3 Å². The van der Waals surface area contributed by atoms with Crippen molar-refractivity contribution in [3.63, 3.8) is 0 Å². The predicted molar refractivity (Wildman–Crippen MR) is 135 cm³/mol. The fraction of sp³-hybridized carbons (Fsp3) is 0.440. The molecule has 0 atom stereocenters. The van der Waals surface area contributed by atoms with Crippen molar-refractivity contribution in [2.45, 2.75) is 52.6 Å². The maximum absolute atomic E-state index is 13.4. The van der Waals surface area contributed by atoms with E-state index in [1.54, 1.807) is 11.0 Å². The second-order valence-corrected chi connectivity index (χ2v) is 12.0. The van der Waals surface area contributed by atoms with E-state index < -0.39 is 34.5 Å². The van der Waals surface area contributed by atoms with Crippen LogP contribution < -0.4 is 0 Å². The summed E-state index contributed by atoms with van der Waals surface area (Å²) in [6.07, 6.45) is 1.62. The molecule has 0 unspecified atom stereocenters.